The van der Waals surface area contributed by atoms with Crippen LogP contribution in [0.15, 0.2) is 24.4 Å². The molecule has 0 saturated carbocycles. The van der Waals surface area contributed by atoms with Crippen LogP contribution in [-0.4, -0.2) is 71.3 Å². The smallest absolute Gasteiger partial charge is 0.354 e. The SMILES string of the molecule is Cc1cc2c(nc1C(=O)O)N(C(=O)Nc1cc(OC[C@H]3COC(C)(C)O3)ccn1)C1CCN2C1. The highest BCUT2D eigenvalue weighted by atomic mass is 16.7. The second-order valence-corrected chi connectivity index (χ2v) is 9.13. The number of carboxylic acids is 1. The summed E-state index contributed by atoms with van der Waals surface area (Å²) >= 11 is 0. The Balaban J connectivity index is 1.33. The number of ether oxygens (including phenoxy) is 3. The van der Waals surface area contributed by atoms with E-state index in [1.54, 1.807) is 36.2 Å². The fourth-order valence-corrected chi connectivity index (χ4v) is 4.60. The zero-order valence-corrected chi connectivity index (χ0v) is 19.3. The van der Waals surface area contributed by atoms with Crippen molar-refractivity contribution in [1.82, 2.24) is 9.97 Å². The maximum atomic E-state index is 13.3. The summed E-state index contributed by atoms with van der Waals surface area (Å²) in [5, 5.41) is 12.3. The fraction of sp³-hybridized carbons (Fsp3) is 0.478. The van der Waals surface area contributed by atoms with Crippen molar-refractivity contribution in [2.45, 2.75) is 45.1 Å². The van der Waals surface area contributed by atoms with Crippen molar-refractivity contribution in [3.63, 3.8) is 0 Å². The van der Waals surface area contributed by atoms with Crippen molar-refractivity contribution in [3.8, 4) is 5.75 Å². The number of aromatic carboxylic acids is 1. The van der Waals surface area contributed by atoms with E-state index in [0.717, 1.165) is 18.7 Å². The number of nitrogens with zero attached hydrogens (tertiary/aromatic N) is 4. The molecule has 34 heavy (non-hydrogen) atoms. The van der Waals surface area contributed by atoms with E-state index < -0.39 is 17.8 Å². The Morgan fingerprint density at radius 1 is 1.35 bits per heavy atom. The summed E-state index contributed by atoms with van der Waals surface area (Å²) in [4.78, 5) is 37.2. The van der Waals surface area contributed by atoms with Crippen molar-refractivity contribution in [3.05, 3.63) is 35.7 Å². The van der Waals surface area contributed by atoms with Crippen LogP contribution in [0.25, 0.3) is 0 Å². The number of nitrogens with one attached hydrogen (secondary N) is 1. The van der Waals surface area contributed by atoms with Crippen molar-refractivity contribution in [2.24, 2.45) is 0 Å². The fourth-order valence-electron chi connectivity index (χ4n) is 4.60. The number of hydrogen-bond acceptors (Lipinski definition) is 8. The average Bonchev–Trinajstić information content (AvgIpc) is 3.36. The molecule has 3 aliphatic rings. The van der Waals surface area contributed by atoms with Gasteiger partial charge in [0, 0.05) is 25.4 Å². The van der Waals surface area contributed by atoms with E-state index in [0.29, 0.717) is 42.7 Å². The molecular weight excluding hydrogens is 442 g/mol. The number of carbonyl (C=O) groups is 2. The molecule has 5 rings (SSSR count). The zero-order valence-electron chi connectivity index (χ0n) is 19.3. The predicted molar refractivity (Wildman–Crippen MR) is 123 cm³/mol. The van der Waals surface area contributed by atoms with Gasteiger partial charge in [0.25, 0.3) is 0 Å². The number of aromatic nitrogens is 2. The van der Waals surface area contributed by atoms with Gasteiger partial charge in [0.15, 0.2) is 17.3 Å². The minimum atomic E-state index is -1.12. The first-order chi connectivity index (χ1) is 16.2. The van der Waals surface area contributed by atoms with Gasteiger partial charge in [0.05, 0.1) is 18.3 Å². The van der Waals surface area contributed by atoms with Crippen LogP contribution in [-0.2, 0) is 9.47 Å². The van der Waals surface area contributed by atoms with Gasteiger partial charge in [0.2, 0.25) is 0 Å². The standard InChI is InChI=1S/C23H27N5O6/c1-13-8-17-20(26-19(13)21(29)30)28(14-5-7-27(17)10-14)22(31)25-18-9-15(4-6-24-18)32-11-16-12-33-23(2,3)34-16/h4,6,8-9,14,16H,5,7,10-12H2,1-3H3,(H,29,30)(H,24,25,31)/t14?,16-/m0/s1. The third kappa shape index (κ3) is 4.24. The summed E-state index contributed by atoms with van der Waals surface area (Å²) in [6.45, 7) is 7.61. The summed E-state index contributed by atoms with van der Waals surface area (Å²) < 4.78 is 17.1. The molecule has 2 amide bonds. The normalized spacial score (nSPS) is 22.4. The highest BCUT2D eigenvalue weighted by Gasteiger charge is 2.41. The molecule has 5 heterocycles. The molecule has 2 bridgehead atoms. The number of pyridine rings is 2. The maximum absolute atomic E-state index is 13.3. The minimum absolute atomic E-state index is 0.0612. The van der Waals surface area contributed by atoms with Gasteiger partial charge in [-0.2, -0.15) is 0 Å². The summed E-state index contributed by atoms with van der Waals surface area (Å²) in [6.07, 6.45) is 2.13. The number of urea groups is 1. The molecule has 11 heteroatoms. The van der Waals surface area contributed by atoms with E-state index in [9.17, 15) is 14.7 Å². The Hall–Kier alpha value is -3.44. The first kappa shape index (κ1) is 22.4. The number of anilines is 3. The first-order valence-electron chi connectivity index (χ1n) is 11.2. The molecular formula is C23H27N5O6. The lowest BCUT2D eigenvalue weighted by molar-refractivity contribution is -0.141. The van der Waals surface area contributed by atoms with E-state index in [1.807, 2.05) is 13.8 Å². The Bertz CT molecular complexity index is 1140. The molecule has 0 spiro atoms. The van der Waals surface area contributed by atoms with Gasteiger partial charge >= 0.3 is 12.0 Å². The number of carboxylic acid groups (broad SMARTS) is 1. The first-order valence-corrected chi connectivity index (χ1v) is 11.2. The van der Waals surface area contributed by atoms with Gasteiger partial charge in [-0.05, 0) is 44.9 Å². The lowest BCUT2D eigenvalue weighted by Crippen LogP contribution is -2.48. The quantitative estimate of drug-likeness (QED) is 0.679. The highest BCUT2D eigenvalue weighted by molar-refractivity contribution is 6.05. The number of amides is 2. The molecule has 3 aliphatic heterocycles. The molecule has 1 unspecified atom stereocenters. The Kier molecular flexibility index (Phi) is 5.53. The molecule has 2 aromatic heterocycles. The number of aryl methyl sites for hydroxylation is 1. The van der Waals surface area contributed by atoms with Gasteiger partial charge < -0.3 is 24.2 Å². The molecule has 0 aromatic carbocycles. The predicted octanol–water partition coefficient (Wildman–Crippen LogP) is 2.64. The highest BCUT2D eigenvalue weighted by Crippen LogP contribution is 2.40. The van der Waals surface area contributed by atoms with Crippen LogP contribution >= 0.6 is 0 Å². The van der Waals surface area contributed by atoms with Gasteiger partial charge in [-0.25, -0.2) is 19.6 Å². The molecule has 2 N–H and O–H groups in total. The maximum Gasteiger partial charge on any atom is 0.354 e. The van der Waals surface area contributed by atoms with Crippen LogP contribution < -0.4 is 19.9 Å². The van der Waals surface area contributed by atoms with Crippen LogP contribution in [0.4, 0.5) is 22.1 Å². The summed E-state index contributed by atoms with van der Waals surface area (Å²) in [6, 6.07) is 4.60. The number of carbonyl (C=O) groups excluding carboxylic acids is 1. The minimum Gasteiger partial charge on any atom is -0.491 e. The summed E-state index contributed by atoms with van der Waals surface area (Å²) in [7, 11) is 0. The third-order valence-electron chi connectivity index (χ3n) is 6.16. The van der Waals surface area contributed by atoms with E-state index in [1.165, 1.54) is 0 Å². The zero-order chi connectivity index (χ0) is 24.0. The number of hydrogen-bond donors (Lipinski definition) is 2. The Labute approximate surface area is 196 Å². The molecule has 11 nitrogen and oxygen atoms in total. The molecule has 0 radical (unpaired) electrons. The van der Waals surface area contributed by atoms with Crippen LogP contribution in [0.1, 0.15) is 36.3 Å². The van der Waals surface area contributed by atoms with Crippen molar-refractivity contribution < 1.29 is 28.9 Å². The topological polar surface area (TPSA) is 126 Å². The molecule has 0 aliphatic carbocycles. The van der Waals surface area contributed by atoms with Crippen LogP contribution in [0.3, 0.4) is 0 Å². The second kappa shape index (κ2) is 8.41. The molecule has 2 saturated heterocycles. The van der Waals surface area contributed by atoms with E-state index in [4.69, 9.17) is 14.2 Å². The number of rotatable bonds is 5. The van der Waals surface area contributed by atoms with Gasteiger partial charge in [0.1, 0.15) is 24.3 Å². The lowest BCUT2D eigenvalue weighted by atomic mass is 10.1. The van der Waals surface area contributed by atoms with E-state index in [-0.39, 0.29) is 17.8 Å². The van der Waals surface area contributed by atoms with Crippen molar-refractivity contribution in [1.29, 1.82) is 0 Å². The summed E-state index contributed by atoms with van der Waals surface area (Å²) in [5.41, 5.74) is 1.26. The van der Waals surface area contributed by atoms with Crippen molar-refractivity contribution in [2.75, 3.05) is 41.4 Å². The van der Waals surface area contributed by atoms with Crippen LogP contribution in [0.5, 0.6) is 5.75 Å². The lowest BCUT2D eigenvalue weighted by Gasteiger charge is -2.36. The van der Waals surface area contributed by atoms with Crippen LogP contribution in [0, 0.1) is 6.92 Å². The monoisotopic (exact) mass is 469 g/mol. The van der Waals surface area contributed by atoms with Gasteiger partial charge in [-0.15, -0.1) is 0 Å². The molecule has 2 aromatic rings. The van der Waals surface area contributed by atoms with Crippen LogP contribution in [0.2, 0.25) is 0 Å². The third-order valence-corrected chi connectivity index (χ3v) is 6.16. The summed E-state index contributed by atoms with van der Waals surface area (Å²) in [5.74, 6) is -0.549. The van der Waals surface area contributed by atoms with Crippen molar-refractivity contribution >= 4 is 29.3 Å². The second-order valence-electron chi connectivity index (χ2n) is 9.13. The van der Waals surface area contributed by atoms with E-state index >= 15 is 0 Å². The Morgan fingerprint density at radius 2 is 2.18 bits per heavy atom. The van der Waals surface area contributed by atoms with E-state index in [2.05, 4.69) is 20.2 Å². The average molecular weight is 469 g/mol. The molecule has 180 valence electrons. The Morgan fingerprint density at radius 3 is 2.91 bits per heavy atom. The largest absolute Gasteiger partial charge is 0.491 e. The van der Waals surface area contributed by atoms with Gasteiger partial charge in [-0.1, -0.05) is 0 Å². The number of fused-ring (bicyclic) bond motifs is 4. The molecule has 2 fully saturated rings. The molecule has 2 atom stereocenters. The van der Waals surface area contributed by atoms with Gasteiger partial charge in [-0.3, -0.25) is 10.2 Å².